The van der Waals surface area contributed by atoms with E-state index in [1.54, 1.807) is 0 Å². The second-order valence-corrected chi connectivity index (χ2v) is 5.87. The zero-order valence-corrected chi connectivity index (χ0v) is 14.5. The number of carbonyl (C=O) groups excluding carboxylic acids is 1. The van der Waals surface area contributed by atoms with Gasteiger partial charge in [-0.05, 0) is 43.4 Å². The van der Waals surface area contributed by atoms with Gasteiger partial charge in [0.15, 0.2) is 0 Å². The molecule has 1 saturated heterocycles. The van der Waals surface area contributed by atoms with Crippen LogP contribution in [0.25, 0.3) is 0 Å². The van der Waals surface area contributed by atoms with Crippen molar-refractivity contribution in [1.82, 2.24) is 0 Å². The van der Waals surface area contributed by atoms with Crippen LogP contribution < -0.4 is 4.74 Å². The van der Waals surface area contributed by atoms with Gasteiger partial charge in [-0.3, -0.25) is 4.79 Å². The van der Waals surface area contributed by atoms with Gasteiger partial charge < -0.3 is 9.47 Å². The van der Waals surface area contributed by atoms with Gasteiger partial charge >= 0.3 is 5.97 Å². The Hall–Kier alpha value is -1.51. The Bertz CT molecular complexity index is 454. The summed E-state index contributed by atoms with van der Waals surface area (Å²) in [6.07, 6.45) is 5.76. The average molecular weight is 306 g/mol. The van der Waals surface area contributed by atoms with Crippen LogP contribution in [0.1, 0.15) is 64.0 Å². The molecule has 3 heteroatoms. The maximum absolute atomic E-state index is 11.2. The number of carbonyl (C=O) groups is 1. The van der Waals surface area contributed by atoms with Crippen LogP contribution in [0, 0.1) is 6.92 Å². The Labute approximate surface area is 135 Å². The predicted octanol–water partition coefficient (Wildman–Crippen LogP) is 4.84. The average Bonchev–Trinajstić information content (AvgIpc) is 2.48. The Kier molecular flexibility index (Phi) is 8.64. The summed E-state index contributed by atoms with van der Waals surface area (Å²) in [5, 5.41) is 0. The fourth-order valence-electron chi connectivity index (χ4n) is 2.40. The molecular formula is C19H30O3. The first kappa shape index (κ1) is 18.5. The maximum atomic E-state index is 11.2. The molecule has 0 unspecified atom stereocenters. The highest BCUT2D eigenvalue weighted by atomic mass is 16.6. The molecule has 1 aliphatic rings. The minimum atomic E-state index is -0.102. The van der Waals surface area contributed by atoms with Crippen molar-refractivity contribution in [2.45, 2.75) is 72.3 Å². The molecule has 22 heavy (non-hydrogen) atoms. The normalized spacial score (nSPS) is 17.3. The topological polar surface area (TPSA) is 35.5 Å². The number of hydrogen-bond acceptors (Lipinski definition) is 3. The van der Waals surface area contributed by atoms with Crippen molar-refractivity contribution >= 4 is 5.97 Å². The van der Waals surface area contributed by atoms with Crippen molar-refractivity contribution in [2.24, 2.45) is 0 Å². The van der Waals surface area contributed by atoms with Gasteiger partial charge in [-0.15, -0.1) is 0 Å². The van der Waals surface area contributed by atoms with Gasteiger partial charge in [-0.25, -0.2) is 0 Å². The largest absolute Gasteiger partial charge is 0.489 e. The van der Waals surface area contributed by atoms with Crippen LogP contribution in [0.5, 0.6) is 5.75 Å². The van der Waals surface area contributed by atoms with E-state index in [1.165, 1.54) is 12.0 Å². The predicted molar refractivity (Wildman–Crippen MR) is 90.4 cm³/mol. The lowest BCUT2D eigenvalue weighted by molar-refractivity contribution is -0.155. The number of rotatable bonds is 5. The van der Waals surface area contributed by atoms with Gasteiger partial charge in [-0.1, -0.05) is 45.7 Å². The molecule has 0 bridgehead atoms. The molecular weight excluding hydrogens is 276 g/mol. The molecule has 3 nitrogen and oxygen atoms in total. The van der Waals surface area contributed by atoms with Gasteiger partial charge in [0.05, 0.1) is 0 Å². The van der Waals surface area contributed by atoms with Crippen molar-refractivity contribution in [3.05, 3.63) is 29.3 Å². The summed E-state index contributed by atoms with van der Waals surface area (Å²) in [6.45, 7) is 8.94. The lowest BCUT2D eigenvalue weighted by atomic mass is 10.1. The third-order valence-electron chi connectivity index (χ3n) is 3.41. The van der Waals surface area contributed by atoms with E-state index >= 15 is 0 Å². The first-order chi connectivity index (χ1) is 10.6. The summed E-state index contributed by atoms with van der Waals surface area (Å²) in [6, 6.07) is 6.30. The molecule has 0 aromatic heterocycles. The van der Waals surface area contributed by atoms with Crippen LogP contribution in [0.15, 0.2) is 18.2 Å². The fourth-order valence-corrected chi connectivity index (χ4v) is 2.40. The zero-order chi connectivity index (χ0) is 16.4. The molecule has 1 fully saturated rings. The van der Waals surface area contributed by atoms with Crippen LogP contribution in [0.4, 0.5) is 0 Å². The summed E-state index contributed by atoms with van der Waals surface area (Å²) >= 11 is 0. The lowest BCUT2D eigenvalue weighted by Crippen LogP contribution is -2.29. The molecule has 1 aliphatic heterocycles. The highest BCUT2D eigenvalue weighted by Crippen LogP contribution is 2.22. The van der Waals surface area contributed by atoms with Crippen molar-refractivity contribution in [2.75, 3.05) is 6.61 Å². The fraction of sp³-hybridized carbons (Fsp3) is 0.632. The number of esters is 1. The van der Waals surface area contributed by atoms with Crippen LogP contribution in [0.3, 0.4) is 0 Å². The molecule has 1 aromatic rings. The number of cyclic esters (lactones) is 1. The summed E-state index contributed by atoms with van der Waals surface area (Å²) in [5.41, 5.74) is 2.49. The third-order valence-corrected chi connectivity index (χ3v) is 3.41. The van der Waals surface area contributed by atoms with Crippen molar-refractivity contribution < 1.29 is 14.3 Å². The molecule has 1 heterocycles. The van der Waals surface area contributed by atoms with Crippen molar-refractivity contribution in [3.8, 4) is 5.75 Å². The van der Waals surface area contributed by atoms with Gasteiger partial charge in [0.25, 0.3) is 0 Å². The number of benzene rings is 1. The number of ether oxygens (including phenoxy) is 2. The quantitative estimate of drug-likeness (QED) is 0.730. The summed E-state index contributed by atoms with van der Waals surface area (Å²) < 4.78 is 11.0. The molecule has 2 rings (SSSR count). The highest BCUT2D eigenvalue weighted by Gasteiger charge is 2.20. The smallest absolute Gasteiger partial charge is 0.306 e. The Balaban J connectivity index is 0.000000745. The van der Waals surface area contributed by atoms with Crippen LogP contribution >= 0.6 is 0 Å². The Morgan fingerprint density at radius 3 is 2.59 bits per heavy atom. The number of aryl methyl sites for hydroxylation is 2. The van der Waals surface area contributed by atoms with Gasteiger partial charge in [-0.2, -0.15) is 0 Å². The van der Waals surface area contributed by atoms with Gasteiger partial charge in [0.2, 0.25) is 0 Å². The van der Waals surface area contributed by atoms with E-state index in [-0.39, 0.29) is 12.1 Å². The summed E-state index contributed by atoms with van der Waals surface area (Å²) in [5.74, 6) is 0.788. The summed E-state index contributed by atoms with van der Waals surface area (Å²) in [4.78, 5) is 11.2. The molecule has 1 aromatic carbocycles. The molecule has 0 radical (unpaired) electrons. The minimum absolute atomic E-state index is 0.0871. The first-order valence-corrected chi connectivity index (χ1v) is 8.52. The first-order valence-electron chi connectivity index (χ1n) is 8.52. The molecule has 0 N–H and O–H groups in total. The Morgan fingerprint density at radius 1 is 1.27 bits per heavy atom. The third kappa shape index (κ3) is 6.50. The molecule has 0 spiro atoms. The lowest BCUT2D eigenvalue weighted by Gasteiger charge is -2.22. The highest BCUT2D eigenvalue weighted by molar-refractivity contribution is 5.70. The van der Waals surface area contributed by atoms with Crippen molar-refractivity contribution in [1.29, 1.82) is 0 Å². The van der Waals surface area contributed by atoms with E-state index < -0.39 is 0 Å². The zero-order valence-electron chi connectivity index (χ0n) is 14.5. The van der Waals surface area contributed by atoms with E-state index in [2.05, 4.69) is 39.8 Å². The molecule has 0 saturated carbocycles. The number of hydrogen-bond donors (Lipinski definition) is 0. The molecule has 1 atom stereocenters. The van der Waals surface area contributed by atoms with Crippen LogP contribution in [0.2, 0.25) is 0 Å². The SMILES string of the molecule is CCC.CCCc1ccc(OC[C@@H]2CCCC(=O)O2)c(C)c1. The maximum Gasteiger partial charge on any atom is 0.306 e. The van der Waals surface area contributed by atoms with Gasteiger partial charge in [0, 0.05) is 6.42 Å². The van der Waals surface area contributed by atoms with E-state index in [0.717, 1.165) is 37.0 Å². The second-order valence-electron chi connectivity index (χ2n) is 5.87. The van der Waals surface area contributed by atoms with E-state index in [1.807, 2.05) is 6.07 Å². The van der Waals surface area contributed by atoms with Crippen molar-refractivity contribution in [3.63, 3.8) is 0 Å². The van der Waals surface area contributed by atoms with Crippen LogP contribution in [-0.2, 0) is 16.0 Å². The Morgan fingerprint density at radius 2 is 2.00 bits per heavy atom. The monoisotopic (exact) mass is 306 g/mol. The summed E-state index contributed by atoms with van der Waals surface area (Å²) in [7, 11) is 0. The minimum Gasteiger partial charge on any atom is -0.489 e. The van der Waals surface area contributed by atoms with Crippen LogP contribution in [-0.4, -0.2) is 18.7 Å². The molecule has 124 valence electrons. The van der Waals surface area contributed by atoms with E-state index in [9.17, 15) is 4.79 Å². The van der Waals surface area contributed by atoms with E-state index in [0.29, 0.717) is 13.0 Å². The standard InChI is InChI=1S/C16H22O3.C3H8/c1-3-5-13-8-9-15(12(2)10-13)18-11-14-6-4-7-16(17)19-14;1-3-2/h8-10,14H,3-7,11H2,1-2H3;3H2,1-2H3/t14-;/m0./s1. The second kappa shape index (κ2) is 10.3. The van der Waals surface area contributed by atoms with E-state index in [4.69, 9.17) is 9.47 Å². The molecule has 0 aliphatic carbocycles. The molecule has 0 amide bonds. The van der Waals surface area contributed by atoms with Gasteiger partial charge in [0.1, 0.15) is 18.5 Å².